The summed E-state index contributed by atoms with van der Waals surface area (Å²) < 4.78 is 12.8. The lowest BCUT2D eigenvalue weighted by Gasteiger charge is -2.09. The van der Waals surface area contributed by atoms with E-state index < -0.39 is 28.2 Å². The molecule has 2 amide bonds. The van der Waals surface area contributed by atoms with Gasteiger partial charge in [-0.25, -0.2) is 4.39 Å². The lowest BCUT2D eigenvalue weighted by molar-refractivity contribution is -0.384. The topological polar surface area (TPSA) is 113 Å². The van der Waals surface area contributed by atoms with E-state index in [2.05, 4.69) is 16.2 Å². The van der Waals surface area contributed by atoms with E-state index in [1.807, 2.05) is 0 Å². The molecule has 0 saturated carbocycles. The second-order valence-electron chi connectivity index (χ2n) is 5.21. The van der Waals surface area contributed by atoms with Crippen LogP contribution in [0.25, 0.3) is 6.08 Å². The molecule has 0 bridgehead atoms. The van der Waals surface area contributed by atoms with Gasteiger partial charge in [0.05, 0.1) is 4.92 Å². The van der Waals surface area contributed by atoms with Gasteiger partial charge in [-0.1, -0.05) is 23.7 Å². The van der Waals surface area contributed by atoms with Crippen LogP contribution >= 0.6 is 23.8 Å². The standard InChI is InChI=1S/C17H12ClFN4O4S/c18-13-7-4-11(9-14(13)23(26)27)16(25)21-22-17(28)20-15(24)8-3-10-1-5-12(19)6-2-10/h1-9H,(H,21,25)(H2,20,22,24,28)/b8-3+. The molecule has 0 saturated heterocycles. The number of hydrogen-bond acceptors (Lipinski definition) is 5. The highest BCUT2D eigenvalue weighted by Gasteiger charge is 2.16. The Morgan fingerprint density at radius 3 is 2.46 bits per heavy atom. The van der Waals surface area contributed by atoms with Crippen molar-refractivity contribution >= 4 is 52.5 Å². The molecular formula is C17H12ClFN4O4S. The van der Waals surface area contributed by atoms with Crippen molar-refractivity contribution in [1.29, 1.82) is 0 Å². The molecule has 3 N–H and O–H groups in total. The van der Waals surface area contributed by atoms with E-state index in [0.717, 1.165) is 6.07 Å². The van der Waals surface area contributed by atoms with Gasteiger partial charge in [0, 0.05) is 17.7 Å². The molecule has 2 aromatic rings. The maximum absolute atomic E-state index is 12.8. The van der Waals surface area contributed by atoms with Crippen LogP contribution < -0.4 is 16.2 Å². The second-order valence-corrected chi connectivity index (χ2v) is 6.02. The predicted molar refractivity (Wildman–Crippen MR) is 105 cm³/mol. The van der Waals surface area contributed by atoms with Crippen LogP contribution in [0.4, 0.5) is 10.1 Å². The smallest absolute Gasteiger partial charge is 0.288 e. The lowest BCUT2D eigenvalue weighted by atomic mass is 10.2. The quantitative estimate of drug-likeness (QED) is 0.302. The Bertz CT molecular complexity index is 966. The molecule has 11 heteroatoms. The number of rotatable bonds is 4. The highest BCUT2D eigenvalue weighted by atomic mass is 35.5. The van der Waals surface area contributed by atoms with Crippen molar-refractivity contribution in [2.45, 2.75) is 0 Å². The fourth-order valence-corrected chi connectivity index (χ4v) is 2.25. The lowest BCUT2D eigenvalue weighted by Crippen LogP contribution is -2.48. The summed E-state index contributed by atoms with van der Waals surface area (Å²) in [6.07, 6.45) is 2.62. The number of nitro groups is 1. The number of carbonyl (C=O) groups is 2. The van der Waals surface area contributed by atoms with Gasteiger partial charge in [-0.3, -0.25) is 35.9 Å². The number of benzene rings is 2. The molecule has 0 spiro atoms. The second kappa shape index (κ2) is 9.53. The van der Waals surface area contributed by atoms with Gasteiger partial charge in [-0.2, -0.15) is 0 Å². The normalized spacial score (nSPS) is 10.4. The van der Waals surface area contributed by atoms with Crippen LogP contribution in [0.5, 0.6) is 0 Å². The van der Waals surface area contributed by atoms with E-state index in [0.29, 0.717) is 5.56 Å². The largest absolute Gasteiger partial charge is 0.298 e. The zero-order valence-corrected chi connectivity index (χ0v) is 15.5. The highest BCUT2D eigenvalue weighted by Crippen LogP contribution is 2.24. The summed E-state index contributed by atoms with van der Waals surface area (Å²) in [4.78, 5) is 33.9. The summed E-state index contributed by atoms with van der Waals surface area (Å²) in [5, 5.41) is 12.8. The zero-order chi connectivity index (χ0) is 20.7. The molecule has 0 aliphatic heterocycles. The first-order valence-electron chi connectivity index (χ1n) is 7.55. The minimum absolute atomic E-state index is 0.0334. The van der Waals surface area contributed by atoms with E-state index in [1.165, 1.54) is 48.6 Å². The van der Waals surface area contributed by atoms with Crippen molar-refractivity contribution in [2.24, 2.45) is 0 Å². The van der Waals surface area contributed by atoms with Gasteiger partial charge in [0.25, 0.3) is 11.6 Å². The molecule has 0 heterocycles. The molecule has 0 radical (unpaired) electrons. The number of carbonyl (C=O) groups excluding carboxylic acids is 2. The van der Waals surface area contributed by atoms with E-state index >= 15 is 0 Å². The fourth-order valence-electron chi connectivity index (χ4n) is 1.91. The summed E-state index contributed by atoms with van der Waals surface area (Å²) in [7, 11) is 0. The summed E-state index contributed by atoms with van der Waals surface area (Å²) in [5.41, 5.74) is 4.64. The zero-order valence-electron chi connectivity index (χ0n) is 13.9. The Kier molecular flexibility index (Phi) is 7.13. The molecule has 2 aromatic carbocycles. The number of halogens is 2. The van der Waals surface area contributed by atoms with Gasteiger partial charge in [-0.05, 0) is 48.1 Å². The van der Waals surface area contributed by atoms with Gasteiger partial charge >= 0.3 is 0 Å². The maximum Gasteiger partial charge on any atom is 0.288 e. The third kappa shape index (κ3) is 6.11. The summed E-state index contributed by atoms with van der Waals surface area (Å²) in [6, 6.07) is 8.99. The third-order valence-corrected chi connectivity index (χ3v) is 3.75. The number of thiocarbonyl (C=S) groups is 1. The summed E-state index contributed by atoms with van der Waals surface area (Å²) in [6.45, 7) is 0. The predicted octanol–water partition coefficient (Wildman–Crippen LogP) is 2.74. The molecule has 0 aromatic heterocycles. The van der Waals surface area contributed by atoms with Crippen molar-refractivity contribution in [3.8, 4) is 0 Å². The van der Waals surface area contributed by atoms with Crippen LogP contribution in [0.1, 0.15) is 15.9 Å². The minimum atomic E-state index is -0.724. The monoisotopic (exact) mass is 422 g/mol. The van der Waals surface area contributed by atoms with Gasteiger partial charge in [-0.15, -0.1) is 0 Å². The Morgan fingerprint density at radius 2 is 1.82 bits per heavy atom. The highest BCUT2D eigenvalue weighted by molar-refractivity contribution is 7.80. The number of hydrogen-bond donors (Lipinski definition) is 3. The molecule has 144 valence electrons. The molecule has 0 unspecified atom stereocenters. The van der Waals surface area contributed by atoms with Crippen molar-refractivity contribution in [1.82, 2.24) is 16.2 Å². The first-order valence-corrected chi connectivity index (χ1v) is 8.34. The first-order chi connectivity index (χ1) is 13.3. The molecule has 0 atom stereocenters. The van der Waals surface area contributed by atoms with Crippen LogP contribution in [-0.4, -0.2) is 21.9 Å². The molecule has 0 aliphatic carbocycles. The van der Waals surface area contributed by atoms with E-state index in [1.54, 1.807) is 0 Å². The van der Waals surface area contributed by atoms with Gasteiger partial charge in [0.15, 0.2) is 5.11 Å². The van der Waals surface area contributed by atoms with Crippen LogP contribution in [0.15, 0.2) is 48.5 Å². The average Bonchev–Trinajstić information content (AvgIpc) is 2.65. The van der Waals surface area contributed by atoms with E-state index in [-0.39, 0.29) is 15.7 Å². The van der Waals surface area contributed by atoms with Crippen LogP contribution in [-0.2, 0) is 4.79 Å². The molecule has 0 fully saturated rings. The molecule has 2 rings (SSSR count). The van der Waals surface area contributed by atoms with Gasteiger partial charge in [0.1, 0.15) is 10.8 Å². The Balaban J connectivity index is 1.87. The van der Waals surface area contributed by atoms with Crippen LogP contribution in [0, 0.1) is 15.9 Å². The van der Waals surface area contributed by atoms with Gasteiger partial charge < -0.3 is 0 Å². The van der Waals surface area contributed by atoms with Crippen LogP contribution in [0.3, 0.4) is 0 Å². The molecule has 0 aliphatic rings. The van der Waals surface area contributed by atoms with Crippen molar-refractivity contribution in [2.75, 3.05) is 0 Å². The van der Waals surface area contributed by atoms with Crippen LogP contribution in [0.2, 0.25) is 5.02 Å². The minimum Gasteiger partial charge on any atom is -0.298 e. The number of nitro benzene ring substituents is 1. The average molecular weight is 423 g/mol. The van der Waals surface area contributed by atoms with Crippen molar-refractivity contribution < 1.29 is 18.9 Å². The van der Waals surface area contributed by atoms with Crippen molar-refractivity contribution in [3.05, 3.63) is 80.6 Å². The SMILES string of the molecule is O=C(/C=C/c1ccc(F)cc1)NC(=S)NNC(=O)c1ccc(Cl)c([N+](=O)[O-])c1. The molecule has 28 heavy (non-hydrogen) atoms. The first kappa shape index (κ1) is 20.9. The van der Waals surface area contributed by atoms with E-state index in [4.69, 9.17) is 23.8 Å². The number of amides is 2. The van der Waals surface area contributed by atoms with Gasteiger partial charge in [0.2, 0.25) is 5.91 Å². The Hall–Kier alpha value is -3.37. The van der Waals surface area contributed by atoms with E-state index in [9.17, 15) is 24.1 Å². The summed E-state index contributed by atoms with van der Waals surface area (Å²) in [5.74, 6) is -1.70. The number of nitrogens with zero attached hydrogens (tertiary/aromatic N) is 1. The maximum atomic E-state index is 12.8. The third-order valence-electron chi connectivity index (χ3n) is 3.23. The fraction of sp³-hybridized carbons (Fsp3) is 0. The number of nitrogens with one attached hydrogen (secondary N) is 3. The van der Waals surface area contributed by atoms with Crippen molar-refractivity contribution in [3.63, 3.8) is 0 Å². The summed E-state index contributed by atoms with van der Waals surface area (Å²) >= 11 is 10.5. The molecular weight excluding hydrogens is 411 g/mol. The number of hydrazine groups is 1. The molecule has 8 nitrogen and oxygen atoms in total. The Labute approximate surface area is 168 Å². The Morgan fingerprint density at radius 1 is 1.14 bits per heavy atom.